The van der Waals surface area contributed by atoms with Crippen LogP contribution in [0, 0.1) is 0 Å². The van der Waals surface area contributed by atoms with E-state index in [0.29, 0.717) is 0 Å². The smallest absolute Gasteiger partial charge is 0.00474 e. The van der Waals surface area contributed by atoms with Crippen molar-refractivity contribution in [3.63, 3.8) is 0 Å². The van der Waals surface area contributed by atoms with E-state index in [-0.39, 0.29) is 17.0 Å². The highest BCUT2D eigenvalue weighted by molar-refractivity contribution is 8.93. The van der Waals surface area contributed by atoms with Crippen LogP contribution in [0.2, 0.25) is 0 Å². The van der Waals surface area contributed by atoms with E-state index in [2.05, 4.69) is 25.7 Å². The zero-order valence-corrected chi connectivity index (χ0v) is 11.2. The predicted octanol–water partition coefficient (Wildman–Crippen LogP) is 3.61. The van der Waals surface area contributed by atoms with E-state index in [9.17, 15) is 0 Å². The standard InChI is InChI=1S/C6H15N.C6H6.BrH/c1-4-7(5-2)6-3;1-2-4-6-5-3-1;/h4-6H2,1-3H3;1-6H;1H. The summed E-state index contributed by atoms with van der Waals surface area (Å²) in [6, 6.07) is 12.0. The number of benzene rings is 1. The molecule has 1 aromatic carbocycles. The Morgan fingerprint density at radius 2 is 0.857 bits per heavy atom. The minimum atomic E-state index is 0. The fourth-order valence-electron chi connectivity index (χ4n) is 1.06. The van der Waals surface area contributed by atoms with Crippen LogP contribution in [0.4, 0.5) is 0 Å². The van der Waals surface area contributed by atoms with Crippen molar-refractivity contribution in [3.8, 4) is 0 Å². The van der Waals surface area contributed by atoms with Gasteiger partial charge in [-0.3, -0.25) is 0 Å². The summed E-state index contributed by atoms with van der Waals surface area (Å²) in [5.41, 5.74) is 0. The average molecular weight is 260 g/mol. The third-order valence-electron chi connectivity index (χ3n) is 2.01. The van der Waals surface area contributed by atoms with Crippen LogP contribution in [-0.2, 0) is 0 Å². The second kappa shape index (κ2) is 12.7. The Labute approximate surface area is 98.9 Å². The SMILES string of the molecule is Br.CCN(CC)CC.c1ccccc1. The Balaban J connectivity index is 0. The van der Waals surface area contributed by atoms with Crippen LogP contribution < -0.4 is 0 Å². The zero-order chi connectivity index (χ0) is 9.94. The van der Waals surface area contributed by atoms with Crippen molar-refractivity contribution in [2.45, 2.75) is 20.8 Å². The molecular weight excluding hydrogens is 238 g/mol. The molecule has 0 radical (unpaired) electrons. The van der Waals surface area contributed by atoms with Crippen molar-refractivity contribution in [1.82, 2.24) is 4.90 Å². The van der Waals surface area contributed by atoms with Crippen LogP contribution in [0.25, 0.3) is 0 Å². The highest BCUT2D eigenvalue weighted by atomic mass is 79.9. The summed E-state index contributed by atoms with van der Waals surface area (Å²) in [5, 5.41) is 0. The summed E-state index contributed by atoms with van der Waals surface area (Å²) < 4.78 is 0. The molecule has 0 aliphatic carbocycles. The molecule has 0 saturated carbocycles. The van der Waals surface area contributed by atoms with Gasteiger partial charge in [0.25, 0.3) is 0 Å². The quantitative estimate of drug-likeness (QED) is 0.802. The summed E-state index contributed by atoms with van der Waals surface area (Å²) in [4.78, 5) is 2.38. The fraction of sp³-hybridized carbons (Fsp3) is 0.500. The molecule has 0 spiro atoms. The highest BCUT2D eigenvalue weighted by Crippen LogP contribution is 1.81. The molecule has 2 heteroatoms. The van der Waals surface area contributed by atoms with Crippen molar-refractivity contribution in [1.29, 1.82) is 0 Å². The van der Waals surface area contributed by atoms with Crippen LogP contribution in [0.5, 0.6) is 0 Å². The van der Waals surface area contributed by atoms with E-state index in [1.165, 1.54) is 19.6 Å². The van der Waals surface area contributed by atoms with E-state index < -0.39 is 0 Å². The van der Waals surface area contributed by atoms with Crippen molar-refractivity contribution in [2.24, 2.45) is 0 Å². The Kier molecular flexibility index (Phi) is 14.6. The van der Waals surface area contributed by atoms with Gasteiger partial charge < -0.3 is 4.90 Å². The third-order valence-corrected chi connectivity index (χ3v) is 2.01. The summed E-state index contributed by atoms with van der Waals surface area (Å²) >= 11 is 0. The van der Waals surface area contributed by atoms with Gasteiger partial charge in [0.1, 0.15) is 0 Å². The number of nitrogens with zero attached hydrogens (tertiary/aromatic N) is 1. The maximum Gasteiger partial charge on any atom is -0.00474 e. The van der Waals surface area contributed by atoms with E-state index in [4.69, 9.17) is 0 Å². The van der Waals surface area contributed by atoms with Crippen LogP contribution >= 0.6 is 17.0 Å². The molecule has 0 unspecified atom stereocenters. The Morgan fingerprint density at radius 1 is 0.643 bits per heavy atom. The van der Waals surface area contributed by atoms with Crippen LogP contribution in [0.1, 0.15) is 20.8 Å². The molecule has 0 bridgehead atoms. The van der Waals surface area contributed by atoms with Gasteiger partial charge in [0, 0.05) is 0 Å². The Hall–Kier alpha value is -0.340. The van der Waals surface area contributed by atoms with Crippen molar-refractivity contribution < 1.29 is 0 Å². The van der Waals surface area contributed by atoms with Gasteiger partial charge in [-0.1, -0.05) is 57.2 Å². The molecule has 0 aromatic heterocycles. The molecule has 1 aromatic rings. The van der Waals surface area contributed by atoms with Gasteiger partial charge >= 0.3 is 0 Å². The Morgan fingerprint density at radius 3 is 0.929 bits per heavy atom. The van der Waals surface area contributed by atoms with Crippen LogP contribution in [0.15, 0.2) is 36.4 Å². The predicted molar refractivity (Wildman–Crippen MR) is 70.2 cm³/mol. The molecule has 0 fully saturated rings. The van der Waals surface area contributed by atoms with E-state index in [1.54, 1.807) is 0 Å². The summed E-state index contributed by atoms with van der Waals surface area (Å²) in [6.45, 7) is 10.1. The van der Waals surface area contributed by atoms with Gasteiger partial charge in [-0.2, -0.15) is 0 Å². The van der Waals surface area contributed by atoms with Gasteiger partial charge in [0.05, 0.1) is 0 Å². The molecule has 0 saturated heterocycles. The lowest BCUT2D eigenvalue weighted by Crippen LogP contribution is -2.21. The second-order valence-electron chi connectivity index (χ2n) is 2.77. The molecule has 14 heavy (non-hydrogen) atoms. The summed E-state index contributed by atoms with van der Waals surface area (Å²) in [7, 11) is 0. The maximum absolute atomic E-state index is 2.38. The lowest BCUT2D eigenvalue weighted by molar-refractivity contribution is 0.321. The monoisotopic (exact) mass is 259 g/mol. The minimum Gasteiger partial charge on any atom is -0.304 e. The molecule has 0 aliphatic heterocycles. The van der Waals surface area contributed by atoms with Crippen LogP contribution in [0.3, 0.4) is 0 Å². The first-order chi connectivity index (χ1) is 6.35. The van der Waals surface area contributed by atoms with Gasteiger partial charge in [-0.15, -0.1) is 17.0 Å². The van der Waals surface area contributed by atoms with Crippen molar-refractivity contribution >= 4 is 17.0 Å². The molecule has 0 aliphatic rings. The third kappa shape index (κ3) is 9.75. The maximum atomic E-state index is 2.38. The number of halogens is 1. The summed E-state index contributed by atoms with van der Waals surface area (Å²) in [5.74, 6) is 0. The van der Waals surface area contributed by atoms with E-state index in [1.807, 2.05) is 36.4 Å². The highest BCUT2D eigenvalue weighted by Gasteiger charge is 1.89. The number of hydrogen-bond donors (Lipinski definition) is 0. The second-order valence-corrected chi connectivity index (χ2v) is 2.77. The van der Waals surface area contributed by atoms with Crippen LogP contribution in [-0.4, -0.2) is 24.5 Å². The lowest BCUT2D eigenvalue weighted by Gasteiger charge is -2.13. The van der Waals surface area contributed by atoms with Gasteiger partial charge in [-0.05, 0) is 19.6 Å². The number of rotatable bonds is 3. The Bertz CT molecular complexity index is 141. The van der Waals surface area contributed by atoms with Crippen molar-refractivity contribution in [3.05, 3.63) is 36.4 Å². The topological polar surface area (TPSA) is 3.24 Å². The average Bonchev–Trinajstić information content (AvgIpc) is 2.24. The first-order valence-corrected chi connectivity index (χ1v) is 5.07. The fourth-order valence-corrected chi connectivity index (χ4v) is 1.06. The normalized spacial score (nSPS) is 8.57. The van der Waals surface area contributed by atoms with Gasteiger partial charge in [0.2, 0.25) is 0 Å². The minimum absolute atomic E-state index is 0. The zero-order valence-electron chi connectivity index (χ0n) is 9.44. The summed E-state index contributed by atoms with van der Waals surface area (Å²) in [6.07, 6.45) is 0. The van der Waals surface area contributed by atoms with Gasteiger partial charge in [-0.25, -0.2) is 0 Å². The molecule has 1 rings (SSSR count). The molecule has 82 valence electrons. The lowest BCUT2D eigenvalue weighted by atomic mass is 10.4. The van der Waals surface area contributed by atoms with E-state index >= 15 is 0 Å². The van der Waals surface area contributed by atoms with Gasteiger partial charge in [0.15, 0.2) is 0 Å². The van der Waals surface area contributed by atoms with E-state index in [0.717, 1.165) is 0 Å². The molecule has 0 heterocycles. The molecule has 0 atom stereocenters. The first-order valence-electron chi connectivity index (χ1n) is 5.07. The number of hydrogen-bond acceptors (Lipinski definition) is 1. The molecule has 0 amide bonds. The molecule has 0 N–H and O–H groups in total. The largest absolute Gasteiger partial charge is 0.304 e. The van der Waals surface area contributed by atoms with Crippen molar-refractivity contribution in [2.75, 3.05) is 19.6 Å². The first kappa shape index (κ1) is 16.1. The molecule has 1 nitrogen and oxygen atoms in total. The molecular formula is C12H22BrN.